The van der Waals surface area contributed by atoms with Crippen molar-refractivity contribution in [3.8, 4) is 11.8 Å². The normalized spacial score (nSPS) is 15.7. The standard InChI is InChI=1S/C12H13NO/c1-9(8-13)14-12-6-5-10-3-2-4-11(10)7-12/h5-7,9H,2-4H2,1H3. The van der Waals surface area contributed by atoms with Crippen molar-refractivity contribution in [2.45, 2.75) is 32.3 Å². The summed E-state index contributed by atoms with van der Waals surface area (Å²) in [5.41, 5.74) is 2.81. The predicted octanol–water partition coefficient (Wildman–Crippen LogP) is 2.47. The molecule has 0 radical (unpaired) electrons. The summed E-state index contributed by atoms with van der Waals surface area (Å²) in [6, 6.07) is 8.19. The molecule has 1 unspecified atom stereocenters. The molecule has 14 heavy (non-hydrogen) atoms. The van der Waals surface area contributed by atoms with Crippen LogP contribution in [0.3, 0.4) is 0 Å². The third-order valence-corrected chi connectivity index (χ3v) is 2.56. The lowest BCUT2D eigenvalue weighted by molar-refractivity contribution is 0.276. The molecule has 0 aromatic heterocycles. The average molecular weight is 187 g/mol. The fraction of sp³-hybridized carbons (Fsp3) is 0.417. The van der Waals surface area contributed by atoms with E-state index >= 15 is 0 Å². The lowest BCUT2D eigenvalue weighted by Crippen LogP contribution is -2.08. The number of hydrogen-bond donors (Lipinski definition) is 0. The van der Waals surface area contributed by atoms with Crippen molar-refractivity contribution < 1.29 is 4.74 Å². The van der Waals surface area contributed by atoms with Crippen LogP contribution >= 0.6 is 0 Å². The Morgan fingerprint density at radius 3 is 2.93 bits per heavy atom. The highest BCUT2D eigenvalue weighted by Crippen LogP contribution is 2.26. The minimum absolute atomic E-state index is 0.366. The molecular formula is C12H13NO. The summed E-state index contributed by atoms with van der Waals surface area (Å²) < 4.78 is 5.43. The maximum absolute atomic E-state index is 8.61. The van der Waals surface area contributed by atoms with Crippen molar-refractivity contribution in [1.82, 2.24) is 0 Å². The summed E-state index contributed by atoms with van der Waals surface area (Å²) >= 11 is 0. The first-order valence-corrected chi connectivity index (χ1v) is 4.97. The Hall–Kier alpha value is -1.49. The molecule has 1 aromatic carbocycles. The number of nitriles is 1. The van der Waals surface area contributed by atoms with Gasteiger partial charge in [0.15, 0.2) is 6.10 Å². The Morgan fingerprint density at radius 1 is 1.36 bits per heavy atom. The van der Waals surface area contributed by atoms with Gasteiger partial charge < -0.3 is 4.74 Å². The van der Waals surface area contributed by atoms with Crippen LogP contribution in [0.2, 0.25) is 0 Å². The molecule has 2 nitrogen and oxygen atoms in total. The number of fused-ring (bicyclic) bond motifs is 1. The van der Waals surface area contributed by atoms with E-state index in [-0.39, 0.29) is 6.10 Å². The van der Waals surface area contributed by atoms with Crippen LogP contribution in [0.5, 0.6) is 5.75 Å². The fourth-order valence-corrected chi connectivity index (χ4v) is 1.85. The quantitative estimate of drug-likeness (QED) is 0.712. The van der Waals surface area contributed by atoms with Crippen molar-refractivity contribution in [3.05, 3.63) is 29.3 Å². The molecule has 0 spiro atoms. The van der Waals surface area contributed by atoms with Gasteiger partial charge in [-0.15, -0.1) is 0 Å². The zero-order valence-electron chi connectivity index (χ0n) is 8.29. The predicted molar refractivity (Wildman–Crippen MR) is 54.2 cm³/mol. The van der Waals surface area contributed by atoms with Gasteiger partial charge in [0, 0.05) is 0 Å². The lowest BCUT2D eigenvalue weighted by Gasteiger charge is -2.08. The molecule has 0 N–H and O–H groups in total. The van der Waals surface area contributed by atoms with E-state index in [0.29, 0.717) is 0 Å². The second kappa shape index (κ2) is 3.71. The van der Waals surface area contributed by atoms with Gasteiger partial charge in [-0.05, 0) is 49.4 Å². The van der Waals surface area contributed by atoms with Crippen molar-refractivity contribution in [1.29, 1.82) is 5.26 Å². The van der Waals surface area contributed by atoms with Gasteiger partial charge >= 0.3 is 0 Å². The number of benzene rings is 1. The molecule has 0 bridgehead atoms. The van der Waals surface area contributed by atoms with Crippen LogP contribution in [0.4, 0.5) is 0 Å². The Bertz CT molecular complexity index is 378. The van der Waals surface area contributed by atoms with Gasteiger partial charge in [0.05, 0.1) is 0 Å². The first kappa shape index (κ1) is 9.08. The molecule has 2 rings (SSSR count). The largest absolute Gasteiger partial charge is 0.476 e. The molecule has 0 saturated carbocycles. The van der Waals surface area contributed by atoms with E-state index in [0.717, 1.165) is 12.2 Å². The van der Waals surface area contributed by atoms with E-state index in [1.807, 2.05) is 6.07 Å². The van der Waals surface area contributed by atoms with Crippen LogP contribution in [0.15, 0.2) is 18.2 Å². The molecule has 1 aromatic rings. The van der Waals surface area contributed by atoms with Crippen LogP contribution in [0.25, 0.3) is 0 Å². The molecular weight excluding hydrogens is 174 g/mol. The van der Waals surface area contributed by atoms with Crippen molar-refractivity contribution in [2.24, 2.45) is 0 Å². The first-order chi connectivity index (χ1) is 6.79. The van der Waals surface area contributed by atoms with Crippen LogP contribution in [0.1, 0.15) is 24.5 Å². The highest BCUT2D eigenvalue weighted by molar-refractivity contribution is 5.38. The summed E-state index contributed by atoms with van der Waals surface area (Å²) in [5.74, 6) is 0.819. The molecule has 1 aliphatic carbocycles. The number of hydrogen-bond acceptors (Lipinski definition) is 2. The third-order valence-electron chi connectivity index (χ3n) is 2.56. The number of rotatable bonds is 2. The maximum atomic E-state index is 8.61. The van der Waals surface area contributed by atoms with Gasteiger partial charge in [0.25, 0.3) is 0 Å². The van der Waals surface area contributed by atoms with Crippen LogP contribution in [-0.4, -0.2) is 6.10 Å². The molecule has 72 valence electrons. The van der Waals surface area contributed by atoms with E-state index in [9.17, 15) is 0 Å². The Morgan fingerprint density at radius 2 is 2.14 bits per heavy atom. The molecule has 0 heterocycles. The number of ether oxygens (including phenoxy) is 1. The topological polar surface area (TPSA) is 33.0 Å². The Labute approximate surface area is 84.1 Å². The average Bonchev–Trinajstić information content (AvgIpc) is 2.64. The third kappa shape index (κ3) is 1.72. The summed E-state index contributed by atoms with van der Waals surface area (Å²) in [6.45, 7) is 1.76. The second-order valence-electron chi connectivity index (χ2n) is 3.67. The lowest BCUT2D eigenvalue weighted by atomic mass is 10.1. The van der Waals surface area contributed by atoms with Crippen LogP contribution in [-0.2, 0) is 12.8 Å². The summed E-state index contributed by atoms with van der Waals surface area (Å²) in [7, 11) is 0. The summed E-state index contributed by atoms with van der Waals surface area (Å²) in [6.07, 6.45) is 3.21. The zero-order valence-corrected chi connectivity index (χ0v) is 8.29. The Kier molecular flexibility index (Phi) is 2.41. The van der Waals surface area contributed by atoms with Gasteiger partial charge in [0.2, 0.25) is 0 Å². The SMILES string of the molecule is CC(C#N)Oc1ccc2c(c1)CCC2. The summed E-state index contributed by atoms with van der Waals surface area (Å²) in [5, 5.41) is 8.61. The van der Waals surface area contributed by atoms with E-state index < -0.39 is 0 Å². The van der Waals surface area contributed by atoms with Gasteiger partial charge in [0.1, 0.15) is 11.8 Å². The van der Waals surface area contributed by atoms with Gasteiger partial charge in [-0.2, -0.15) is 5.26 Å². The smallest absolute Gasteiger partial charge is 0.181 e. The van der Waals surface area contributed by atoms with Crippen molar-refractivity contribution in [2.75, 3.05) is 0 Å². The molecule has 2 heteroatoms. The van der Waals surface area contributed by atoms with E-state index in [1.165, 1.54) is 24.0 Å². The molecule has 0 aliphatic heterocycles. The van der Waals surface area contributed by atoms with Crippen molar-refractivity contribution >= 4 is 0 Å². The van der Waals surface area contributed by atoms with E-state index in [4.69, 9.17) is 10.00 Å². The number of nitrogens with zero attached hydrogens (tertiary/aromatic N) is 1. The zero-order chi connectivity index (χ0) is 9.97. The van der Waals surface area contributed by atoms with Crippen molar-refractivity contribution in [3.63, 3.8) is 0 Å². The highest BCUT2D eigenvalue weighted by atomic mass is 16.5. The molecule has 0 saturated heterocycles. The second-order valence-corrected chi connectivity index (χ2v) is 3.67. The minimum Gasteiger partial charge on any atom is -0.476 e. The monoisotopic (exact) mass is 187 g/mol. The highest BCUT2D eigenvalue weighted by Gasteiger charge is 2.11. The van der Waals surface area contributed by atoms with Gasteiger partial charge in [-0.3, -0.25) is 0 Å². The minimum atomic E-state index is -0.366. The van der Waals surface area contributed by atoms with Gasteiger partial charge in [-0.1, -0.05) is 6.07 Å². The van der Waals surface area contributed by atoms with Crippen LogP contribution in [0, 0.1) is 11.3 Å². The van der Waals surface area contributed by atoms with Crippen LogP contribution < -0.4 is 4.74 Å². The molecule has 0 amide bonds. The van der Waals surface area contributed by atoms with Gasteiger partial charge in [-0.25, -0.2) is 0 Å². The fourth-order valence-electron chi connectivity index (χ4n) is 1.85. The molecule has 1 atom stereocenters. The van der Waals surface area contributed by atoms with E-state index in [1.54, 1.807) is 6.92 Å². The Balaban J connectivity index is 2.17. The van der Waals surface area contributed by atoms with E-state index in [2.05, 4.69) is 18.2 Å². The first-order valence-electron chi connectivity index (χ1n) is 4.97. The molecule has 0 fully saturated rings. The maximum Gasteiger partial charge on any atom is 0.181 e. The molecule has 1 aliphatic rings. The number of aryl methyl sites for hydroxylation is 2. The summed E-state index contributed by atoms with van der Waals surface area (Å²) in [4.78, 5) is 0.